The molecule has 2 aliphatic heterocycles. The number of piperidine rings is 2. The van der Waals surface area contributed by atoms with Gasteiger partial charge in [-0.2, -0.15) is 0 Å². The number of urea groups is 1. The summed E-state index contributed by atoms with van der Waals surface area (Å²) in [5, 5.41) is 3.14. The van der Waals surface area contributed by atoms with Crippen LogP contribution >= 0.6 is 0 Å². The monoisotopic (exact) mass is 323 g/mol. The summed E-state index contributed by atoms with van der Waals surface area (Å²) in [6, 6.07) is 0.622. The third kappa shape index (κ3) is 5.98. The van der Waals surface area contributed by atoms with Crippen LogP contribution < -0.4 is 5.32 Å². The van der Waals surface area contributed by atoms with Crippen molar-refractivity contribution in [1.82, 2.24) is 15.1 Å². The fourth-order valence-electron chi connectivity index (χ4n) is 4.42. The van der Waals surface area contributed by atoms with Gasteiger partial charge in [0.1, 0.15) is 0 Å². The topological polar surface area (TPSA) is 35.6 Å². The van der Waals surface area contributed by atoms with Gasteiger partial charge >= 0.3 is 6.03 Å². The normalized spacial score (nSPS) is 29.5. The Bertz CT molecular complexity index is 351. The smallest absolute Gasteiger partial charge is 0.317 e. The lowest BCUT2D eigenvalue weighted by molar-refractivity contribution is 0.138. The van der Waals surface area contributed by atoms with Crippen LogP contribution in [0, 0.1) is 11.8 Å². The van der Waals surface area contributed by atoms with Crippen molar-refractivity contribution in [3.63, 3.8) is 0 Å². The standard InChI is InChI=1S/C19H37N3O/c1-4-18-9-5-7-12-22(18)19(23)20-10-6-8-11-21-14-16(2)13-17(3)15-21/h16-18H,4-15H2,1-3H3,(H,20,23). The van der Waals surface area contributed by atoms with E-state index in [1.807, 2.05) is 0 Å². The van der Waals surface area contributed by atoms with Crippen LogP contribution in [-0.4, -0.2) is 54.6 Å². The first-order valence-electron chi connectivity index (χ1n) is 9.87. The van der Waals surface area contributed by atoms with E-state index in [-0.39, 0.29) is 6.03 Å². The van der Waals surface area contributed by atoms with Crippen LogP contribution in [0.5, 0.6) is 0 Å². The Hall–Kier alpha value is -0.770. The molecule has 2 fully saturated rings. The summed E-state index contributed by atoms with van der Waals surface area (Å²) in [4.78, 5) is 17.0. The number of likely N-dealkylation sites (tertiary alicyclic amines) is 2. The molecule has 4 heteroatoms. The molecule has 2 saturated heterocycles. The molecular weight excluding hydrogens is 286 g/mol. The van der Waals surface area contributed by atoms with Gasteiger partial charge in [0.15, 0.2) is 0 Å². The predicted octanol–water partition coefficient (Wildman–Crippen LogP) is 3.72. The number of hydrogen-bond acceptors (Lipinski definition) is 2. The zero-order valence-corrected chi connectivity index (χ0v) is 15.5. The largest absolute Gasteiger partial charge is 0.338 e. The van der Waals surface area contributed by atoms with Gasteiger partial charge in [0, 0.05) is 32.2 Å². The molecule has 0 aromatic carbocycles. The zero-order chi connectivity index (χ0) is 16.7. The van der Waals surface area contributed by atoms with Crippen molar-refractivity contribution in [3.8, 4) is 0 Å². The second-order valence-corrected chi connectivity index (χ2v) is 7.90. The Labute approximate surface area is 143 Å². The second-order valence-electron chi connectivity index (χ2n) is 7.90. The van der Waals surface area contributed by atoms with Gasteiger partial charge in [-0.1, -0.05) is 20.8 Å². The minimum Gasteiger partial charge on any atom is -0.338 e. The SMILES string of the molecule is CCC1CCCCN1C(=O)NCCCCN1CC(C)CC(C)C1. The molecule has 0 aromatic rings. The maximum Gasteiger partial charge on any atom is 0.317 e. The number of carbonyl (C=O) groups is 1. The van der Waals surface area contributed by atoms with Crippen LogP contribution in [0.15, 0.2) is 0 Å². The maximum absolute atomic E-state index is 12.3. The van der Waals surface area contributed by atoms with Crippen molar-refractivity contribution < 1.29 is 4.79 Å². The molecule has 3 unspecified atom stereocenters. The van der Waals surface area contributed by atoms with Gasteiger partial charge in [-0.15, -0.1) is 0 Å². The lowest BCUT2D eigenvalue weighted by atomic mass is 9.92. The minimum absolute atomic E-state index is 0.164. The van der Waals surface area contributed by atoms with Crippen molar-refractivity contribution in [1.29, 1.82) is 0 Å². The van der Waals surface area contributed by atoms with Gasteiger partial charge in [0.2, 0.25) is 0 Å². The van der Waals surface area contributed by atoms with Crippen LogP contribution in [0.1, 0.15) is 65.7 Å². The molecule has 2 rings (SSSR count). The Morgan fingerprint density at radius 2 is 1.87 bits per heavy atom. The van der Waals surface area contributed by atoms with Crippen LogP contribution in [0.25, 0.3) is 0 Å². The highest BCUT2D eigenvalue weighted by Gasteiger charge is 2.25. The number of carbonyl (C=O) groups excluding carboxylic acids is 1. The summed E-state index contributed by atoms with van der Waals surface area (Å²) in [5.74, 6) is 1.67. The molecule has 0 saturated carbocycles. The first-order chi connectivity index (χ1) is 11.1. The molecule has 23 heavy (non-hydrogen) atoms. The minimum atomic E-state index is 0.164. The number of nitrogens with one attached hydrogen (secondary N) is 1. The van der Waals surface area contributed by atoms with E-state index in [1.165, 1.54) is 45.3 Å². The molecule has 0 radical (unpaired) electrons. The van der Waals surface area contributed by atoms with Crippen molar-refractivity contribution in [2.45, 2.75) is 71.8 Å². The van der Waals surface area contributed by atoms with Crippen LogP contribution in [0.2, 0.25) is 0 Å². The molecule has 0 aromatic heterocycles. The third-order valence-electron chi connectivity index (χ3n) is 5.48. The number of nitrogens with zero attached hydrogens (tertiary/aromatic N) is 2. The molecule has 4 nitrogen and oxygen atoms in total. The molecule has 2 amide bonds. The lowest BCUT2D eigenvalue weighted by Crippen LogP contribution is -2.48. The number of amides is 2. The average molecular weight is 324 g/mol. The maximum atomic E-state index is 12.3. The molecule has 0 spiro atoms. The van der Waals surface area contributed by atoms with E-state index in [2.05, 4.69) is 35.9 Å². The molecule has 134 valence electrons. The first kappa shape index (κ1) is 18.6. The predicted molar refractivity (Wildman–Crippen MR) is 96.7 cm³/mol. The van der Waals surface area contributed by atoms with Crippen LogP contribution in [0.3, 0.4) is 0 Å². The Balaban J connectivity index is 1.58. The van der Waals surface area contributed by atoms with E-state index in [0.717, 1.165) is 44.2 Å². The fraction of sp³-hybridized carbons (Fsp3) is 0.947. The van der Waals surface area contributed by atoms with Gasteiger partial charge in [0.05, 0.1) is 0 Å². The van der Waals surface area contributed by atoms with E-state index in [4.69, 9.17) is 0 Å². The summed E-state index contributed by atoms with van der Waals surface area (Å²) < 4.78 is 0. The highest BCUT2D eigenvalue weighted by Crippen LogP contribution is 2.21. The Kier molecular flexibility index (Phi) is 7.68. The quantitative estimate of drug-likeness (QED) is 0.756. The summed E-state index contributed by atoms with van der Waals surface area (Å²) in [6.07, 6.45) is 8.35. The van der Waals surface area contributed by atoms with E-state index in [1.54, 1.807) is 0 Å². The van der Waals surface area contributed by atoms with Crippen molar-refractivity contribution in [2.24, 2.45) is 11.8 Å². The first-order valence-corrected chi connectivity index (χ1v) is 9.87. The highest BCUT2D eigenvalue weighted by molar-refractivity contribution is 5.74. The molecule has 0 bridgehead atoms. The molecule has 3 atom stereocenters. The van der Waals surface area contributed by atoms with Crippen molar-refractivity contribution in [3.05, 3.63) is 0 Å². The lowest BCUT2D eigenvalue weighted by Gasteiger charge is -2.35. The summed E-state index contributed by atoms with van der Waals surface area (Å²) in [7, 11) is 0. The van der Waals surface area contributed by atoms with Gasteiger partial charge in [-0.25, -0.2) is 4.79 Å². The van der Waals surface area contributed by atoms with E-state index >= 15 is 0 Å². The zero-order valence-electron chi connectivity index (χ0n) is 15.5. The van der Waals surface area contributed by atoms with Gasteiger partial charge in [-0.05, 0) is 63.3 Å². The summed E-state index contributed by atoms with van der Waals surface area (Å²) in [6.45, 7) is 12.4. The molecular formula is C19H37N3O. The fourth-order valence-corrected chi connectivity index (χ4v) is 4.42. The molecule has 1 N–H and O–H groups in total. The van der Waals surface area contributed by atoms with E-state index in [0.29, 0.717) is 6.04 Å². The second kappa shape index (κ2) is 9.51. The van der Waals surface area contributed by atoms with Gasteiger partial charge in [0.25, 0.3) is 0 Å². The van der Waals surface area contributed by atoms with Gasteiger partial charge < -0.3 is 15.1 Å². The average Bonchev–Trinajstić information content (AvgIpc) is 2.53. The van der Waals surface area contributed by atoms with E-state index < -0.39 is 0 Å². The molecule has 2 aliphatic rings. The molecule has 0 aliphatic carbocycles. The van der Waals surface area contributed by atoms with E-state index in [9.17, 15) is 4.79 Å². The number of rotatable bonds is 6. The van der Waals surface area contributed by atoms with Gasteiger partial charge in [-0.3, -0.25) is 0 Å². The number of hydrogen-bond donors (Lipinski definition) is 1. The van der Waals surface area contributed by atoms with Crippen molar-refractivity contribution >= 4 is 6.03 Å². The third-order valence-corrected chi connectivity index (χ3v) is 5.48. The van der Waals surface area contributed by atoms with Crippen LogP contribution in [-0.2, 0) is 0 Å². The Morgan fingerprint density at radius 1 is 1.13 bits per heavy atom. The Morgan fingerprint density at radius 3 is 2.57 bits per heavy atom. The highest BCUT2D eigenvalue weighted by atomic mass is 16.2. The summed E-state index contributed by atoms with van der Waals surface area (Å²) in [5.41, 5.74) is 0. The molecule has 2 heterocycles. The summed E-state index contributed by atoms with van der Waals surface area (Å²) >= 11 is 0. The van der Waals surface area contributed by atoms with Crippen molar-refractivity contribution in [2.75, 3.05) is 32.7 Å². The van der Waals surface area contributed by atoms with Crippen LogP contribution in [0.4, 0.5) is 4.79 Å². The number of unbranched alkanes of at least 4 members (excludes halogenated alkanes) is 1.